The van der Waals surface area contributed by atoms with E-state index in [1.807, 2.05) is 0 Å². The SMILES string of the molecule is Nc1c(C(F)F)c(CCl)c[nH]c1=O. The smallest absolute Gasteiger partial charge is 0.271 e. The van der Waals surface area contributed by atoms with E-state index < -0.39 is 23.2 Å². The second-order valence-electron chi connectivity index (χ2n) is 2.40. The number of pyridine rings is 1. The average Bonchev–Trinajstić information content (AvgIpc) is 2.08. The van der Waals surface area contributed by atoms with Crippen molar-refractivity contribution in [3.8, 4) is 0 Å². The standard InChI is InChI=1S/C7H7ClF2N2O/c8-1-3-2-12-7(13)5(11)4(3)6(9)10/h2,6H,1,11H2,(H,12,13). The van der Waals surface area contributed by atoms with Crippen molar-refractivity contribution in [1.82, 2.24) is 4.98 Å². The third kappa shape index (κ3) is 1.80. The van der Waals surface area contributed by atoms with Crippen LogP contribution in [0.2, 0.25) is 0 Å². The highest BCUT2D eigenvalue weighted by Crippen LogP contribution is 2.26. The number of hydrogen-bond donors (Lipinski definition) is 2. The fraction of sp³-hybridized carbons (Fsp3) is 0.286. The highest BCUT2D eigenvalue weighted by Gasteiger charge is 2.18. The maximum Gasteiger partial charge on any atom is 0.271 e. The first-order chi connectivity index (χ1) is 6.07. The minimum Gasteiger partial charge on any atom is -0.394 e. The number of alkyl halides is 3. The second-order valence-corrected chi connectivity index (χ2v) is 2.67. The zero-order valence-electron chi connectivity index (χ0n) is 6.48. The van der Waals surface area contributed by atoms with E-state index >= 15 is 0 Å². The van der Waals surface area contributed by atoms with Gasteiger partial charge in [0.2, 0.25) is 0 Å². The molecule has 0 amide bonds. The molecule has 0 bridgehead atoms. The maximum absolute atomic E-state index is 12.4. The monoisotopic (exact) mass is 208 g/mol. The summed E-state index contributed by atoms with van der Waals surface area (Å²) in [4.78, 5) is 13.1. The van der Waals surface area contributed by atoms with Gasteiger partial charge < -0.3 is 10.7 Å². The summed E-state index contributed by atoms with van der Waals surface area (Å²) in [6.07, 6.45) is -1.64. The Morgan fingerprint density at radius 3 is 2.69 bits per heavy atom. The van der Waals surface area contributed by atoms with Gasteiger partial charge in [0.15, 0.2) is 0 Å². The van der Waals surface area contributed by atoms with E-state index in [4.69, 9.17) is 17.3 Å². The van der Waals surface area contributed by atoms with Crippen LogP contribution in [0, 0.1) is 0 Å². The van der Waals surface area contributed by atoms with Crippen molar-refractivity contribution in [3.63, 3.8) is 0 Å². The number of rotatable bonds is 2. The Bertz CT molecular complexity index is 364. The molecule has 3 N–H and O–H groups in total. The van der Waals surface area contributed by atoms with Crippen LogP contribution < -0.4 is 11.3 Å². The quantitative estimate of drug-likeness (QED) is 0.726. The summed E-state index contributed by atoms with van der Waals surface area (Å²) in [7, 11) is 0. The molecule has 0 aliphatic rings. The largest absolute Gasteiger partial charge is 0.394 e. The lowest BCUT2D eigenvalue weighted by molar-refractivity contribution is 0.151. The molecule has 0 radical (unpaired) electrons. The number of halogens is 3. The van der Waals surface area contributed by atoms with Crippen molar-refractivity contribution in [2.24, 2.45) is 0 Å². The maximum atomic E-state index is 12.4. The lowest BCUT2D eigenvalue weighted by Gasteiger charge is -2.07. The highest BCUT2D eigenvalue weighted by molar-refractivity contribution is 6.17. The van der Waals surface area contributed by atoms with Crippen molar-refractivity contribution in [2.45, 2.75) is 12.3 Å². The second kappa shape index (κ2) is 3.74. The van der Waals surface area contributed by atoms with E-state index in [0.29, 0.717) is 0 Å². The van der Waals surface area contributed by atoms with Crippen molar-refractivity contribution in [3.05, 3.63) is 27.7 Å². The zero-order chi connectivity index (χ0) is 10.0. The number of nitrogens with two attached hydrogens (primary N) is 1. The van der Waals surface area contributed by atoms with E-state index in [1.165, 1.54) is 0 Å². The van der Waals surface area contributed by atoms with Gasteiger partial charge >= 0.3 is 0 Å². The van der Waals surface area contributed by atoms with Crippen LogP contribution in [0.15, 0.2) is 11.0 Å². The third-order valence-electron chi connectivity index (χ3n) is 1.62. The van der Waals surface area contributed by atoms with Gasteiger partial charge in [0.25, 0.3) is 12.0 Å². The Morgan fingerprint density at radius 1 is 1.62 bits per heavy atom. The molecule has 1 aromatic heterocycles. The first-order valence-electron chi connectivity index (χ1n) is 3.42. The molecule has 72 valence electrons. The summed E-state index contributed by atoms with van der Waals surface area (Å²) in [5.41, 5.74) is 3.67. The number of H-pyrrole nitrogens is 1. The van der Waals surface area contributed by atoms with Gasteiger partial charge in [-0.1, -0.05) is 0 Å². The van der Waals surface area contributed by atoms with Gasteiger partial charge in [-0.25, -0.2) is 8.78 Å². The number of hydrogen-bond acceptors (Lipinski definition) is 2. The average molecular weight is 209 g/mol. The molecule has 0 aliphatic carbocycles. The molecule has 0 spiro atoms. The molecule has 1 heterocycles. The molecule has 0 atom stereocenters. The number of nitrogens with one attached hydrogen (secondary N) is 1. The first-order valence-corrected chi connectivity index (χ1v) is 3.95. The molecule has 0 fully saturated rings. The van der Waals surface area contributed by atoms with E-state index in [1.54, 1.807) is 0 Å². The number of nitrogen functional groups attached to an aromatic ring is 1. The van der Waals surface area contributed by atoms with Crippen molar-refractivity contribution in [1.29, 1.82) is 0 Å². The van der Waals surface area contributed by atoms with E-state index in [0.717, 1.165) is 6.20 Å². The highest BCUT2D eigenvalue weighted by atomic mass is 35.5. The summed E-state index contributed by atoms with van der Waals surface area (Å²) in [5, 5.41) is 0. The van der Waals surface area contributed by atoms with Gasteiger partial charge in [-0.05, 0) is 5.56 Å². The van der Waals surface area contributed by atoms with Gasteiger partial charge in [0, 0.05) is 12.1 Å². The molecule has 6 heteroatoms. The Morgan fingerprint density at radius 2 is 2.23 bits per heavy atom. The summed E-state index contributed by atoms with van der Waals surface area (Å²) in [6.45, 7) is 0. The Kier molecular flexibility index (Phi) is 2.87. The lowest BCUT2D eigenvalue weighted by Crippen LogP contribution is -2.16. The third-order valence-corrected chi connectivity index (χ3v) is 1.91. The molecule has 13 heavy (non-hydrogen) atoms. The topological polar surface area (TPSA) is 58.9 Å². The van der Waals surface area contributed by atoms with Crippen LogP contribution in [0.3, 0.4) is 0 Å². The molecule has 1 rings (SSSR count). The molecule has 0 unspecified atom stereocenters. The molecule has 1 aromatic rings. The predicted molar refractivity (Wildman–Crippen MR) is 46.0 cm³/mol. The van der Waals surface area contributed by atoms with Crippen molar-refractivity contribution >= 4 is 17.3 Å². The molecule has 0 saturated carbocycles. The van der Waals surface area contributed by atoms with Gasteiger partial charge in [-0.3, -0.25) is 4.79 Å². The Balaban J connectivity index is 3.41. The molecule has 0 aromatic carbocycles. The van der Waals surface area contributed by atoms with Gasteiger partial charge in [0.05, 0.1) is 5.56 Å². The Hall–Kier alpha value is -1.10. The van der Waals surface area contributed by atoms with Crippen LogP contribution in [0.25, 0.3) is 0 Å². The summed E-state index contributed by atoms with van der Waals surface area (Å²) >= 11 is 5.39. The van der Waals surface area contributed by atoms with E-state index in [2.05, 4.69) is 4.98 Å². The minimum atomic E-state index is -2.78. The fourth-order valence-corrected chi connectivity index (χ4v) is 1.19. The molecular weight excluding hydrogens is 202 g/mol. The van der Waals surface area contributed by atoms with Gasteiger partial charge in [-0.2, -0.15) is 0 Å². The lowest BCUT2D eigenvalue weighted by atomic mass is 10.1. The summed E-state index contributed by atoms with van der Waals surface area (Å²) in [6, 6.07) is 0. The Labute approximate surface area is 77.5 Å². The number of anilines is 1. The normalized spacial score (nSPS) is 10.8. The first kappa shape index (κ1) is 9.98. The van der Waals surface area contributed by atoms with Crippen LogP contribution >= 0.6 is 11.6 Å². The summed E-state index contributed by atoms with van der Waals surface area (Å²) in [5.74, 6) is -0.110. The molecule has 0 saturated heterocycles. The van der Waals surface area contributed by atoms with Crippen LogP contribution in [0.4, 0.5) is 14.5 Å². The van der Waals surface area contributed by atoms with Crippen LogP contribution in [0.5, 0.6) is 0 Å². The van der Waals surface area contributed by atoms with Crippen LogP contribution in [0.1, 0.15) is 17.6 Å². The molecule has 0 aliphatic heterocycles. The van der Waals surface area contributed by atoms with Crippen LogP contribution in [-0.4, -0.2) is 4.98 Å². The van der Waals surface area contributed by atoms with E-state index in [9.17, 15) is 13.6 Å². The zero-order valence-corrected chi connectivity index (χ0v) is 7.24. The fourth-order valence-electron chi connectivity index (χ4n) is 0.972. The molecule has 3 nitrogen and oxygen atoms in total. The molecular formula is C7H7ClF2N2O. The van der Waals surface area contributed by atoms with Gasteiger partial charge in [-0.15, -0.1) is 11.6 Å². The number of aromatic amines is 1. The van der Waals surface area contributed by atoms with E-state index in [-0.39, 0.29) is 11.4 Å². The minimum absolute atomic E-state index is 0.110. The van der Waals surface area contributed by atoms with Gasteiger partial charge in [0.1, 0.15) is 5.69 Å². The predicted octanol–water partition coefficient (Wildman–Crippen LogP) is 1.63. The van der Waals surface area contributed by atoms with Crippen molar-refractivity contribution in [2.75, 3.05) is 5.73 Å². The summed E-state index contributed by atoms with van der Waals surface area (Å²) < 4.78 is 24.7. The number of aromatic nitrogens is 1. The van der Waals surface area contributed by atoms with Crippen LogP contribution in [-0.2, 0) is 5.88 Å². The van der Waals surface area contributed by atoms with Crippen molar-refractivity contribution < 1.29 is 8.78 Å².